The van der Waals surface area contributed by atoms with E-state index in [9.17, 15) is 0 Å². The van der Waals surface area contributed by atoms with E-state index in [1.807, 2.05) is 32.1 Å². The van der Waals surface area contributed by atoms with Crippen LogP contribution in [0.5, 0.6) is 0 Å². The molecule has 0 amide bonds. The fourth-order valence-corrected chi connectivity index (χ4v) is 0.941. The molecule has 0 unspecified atom stereocenters. The van der Waals surface area contributed by atoms with Crippen LogP contribution in [0.1, 0.15) is 5.76 Å². The Bertz CT molecular complexity index is 183. The molecule has 0 saturated carbocycles. The van der Waals surface area contributed by atoms with Gasteiger partial charge in [0.05, 0.1) is 0 Å². The Labute approximate surface area is 64.6 Å². The molecule has 3 heteroatoms. The summed E-state index contributed by atoms with van der Waals surface area (Å²) in [6.07, 6.45) is 2.00. The van der Waals surface area contributed by atoms with Crippen LogP contribution in [0.25, 0.3) is 0 Å². The molecule has 1 aromatic heterocycles. The largest absolute Gasteiger partial charge is 0.455 e. The standard InChI is InChI=1S/C6H8OS.CH2O/c1-5-3-4-6(7-5)8-2;1-2/h3-4H,1-2H3;1H2. The molecule has 0 N–H and O–H groups in total. The highest BCUT2D eigenvalue weighted by Crippen LogP contribution is 2.16. The first-order chi connectivity index (χ1) is 4.83. The van der Waals surface area contributed by atoms with Gasteiger partial charge in [-0.25, -0.2) is 0 Å². The van der Waals surface area contributed by atoms with E-state index in [0.717, 1.165) is 10.9 Å². The van der Waals surface area contributed by atoms with Crippen LogP contribution in [-0.2, 0) is 4.79 Å². The van der Waals surface area contributed by atoms with Crippen LogP contribution in [0.3, 0.4) is 0 Å². The summed E-state index contributed by atoms with van der Waals surface area (Å²) in [7, 11) is 0. The van der Waals surface area contributed by atoms with E-state index in [4.69, 9.17) is 9.21 Å². The summed E-state index contributed by atoms with van der Waals surface area (Å²) in [6.45, 7) is 3.94. The monoisotopic (exact) mass is 158 g/mol. The number of hydrogen-bond acceptors (Lipinski definition) is 3. The van der Waals surface area contributed by atoms with Gasteiger partial charge in [-0.1, -0.05) is 11.8 Å². The maximum absolute atomic E-state index is 8.00. The molecule has 0 aliphatic carbocycles. The van der Waals surface area contributed by atoms with Crippen molar-refractivity contribution in [1.82, 2.24) is 0 Å². The Hall–Kier alpha value is -0.700. The van der Waals surface area contributed by atoms with Crippen molar-refractivity contribution in [2.45, 2.75) is 12.0 Å². The maximum Gasteiger partial charge on any atom is 0.160 e. The molecule has 0 fully saturated rings. The predicted octanol–water partition coefficient (Wildman–Crippen LogP) is 2.13. The van der Waals surface area contributed by atoms with Gasteiger partial charge in [-0.15, -0.1) is 0 Å². The van der Waals surface area contributed by atoms with Gasteiger partial charge in [0.1, 0.15) is 12.5 Å². The smallest absolute Gasteiger partial charge is 0.160 e. The number of carbonyl (C=O) groups excluding carboxylic acids is 1. The normalized spacial score (nSPS) is 8.20. The van der Waals surface area contributed by atoms with Gasteiger partial charge in [0.2, 0.25) is 0 Å². The Balaban J connectivity index is 0.000000371. The van der Waals surface area contributed by atoms with Gasteiger partial charge in [-0.05, 0) is 25.3 Å². The van der Waals surface area contributed by atoms with E-state index in [2.05, 4.69) is 0 Å². The molecular weight excluding hydrogens is 148 g/mol. The van der Waals surface area contributed by atoms with Crippen molar-refractivity contribution in [3.8, 4) is 0 Å². The number of carbonyl (C=O) groups is 1. The first kappa shape index (κ1) is 9.30. The van der Waals surface area contributed by atoms with Gasteiger partial charge in [0.25, 0.3) is 0 Å². The number of furan rings is 1. The minimum absolute atomic E-state index is 0.981. The average Bonchev–Trinajstić information content (AvgIpc) is 2.40. The van der Waals surface area contributed by atoms with Gasteiger partial charge in [0.15, 0.2) is 5.09 Å². The minimum Gasteiger partial charge on any atom is -0.455 e. The third-order valence-electron chi connectivity index (χ3n) is 0.917. The van der Waals surface area contributed by atoms with Gasteiger partial charge >= 0.3 is 0 Å². The van der Waals surface area contributed by atoms with E-state index >= 15 is 0 Å². The molecular formula is C7H10O2S. The fraction of sp³-hybridized carbons (Fsp3) is 0.286. The molecule has 0 saturated heterocycles. The lowest BCUT2D eigenvalue weighted by molar-refractivity contribution is -0.0979. The molecule has 1 aromatic rings. The predicted molar refractivity (Wildman–Crippen MR) is 42.3 cm³/mol. The SMILES string of the molecule is C=O.CSc1ccc(C)o1. The van der Waals surface area contributed by atoms with Gasteiger partial charge < -0.3 is 9.21 Å². The maximum atomic E-state index is 8.00. The first-order valence-electron chi connectivity index (χ1n) is 2.72. The zero-order valence-corrected chi connectivity index (χ0v) is 6.90. The molecule has 0 bridgehead atoms. The van der Waals surface area contributed by atoms with Crippen molar-refractivity contribution in [2.75, 3.05) is 6.26 Å². The lowest BCUT2D eigenvalue weighted by atomic mass is 10.5. The summed E-state index contributed by atoms with van der Waals surface area (Å²) in [6, 6.07) is 3.94. The highest BCUT2D eigenvalue weighted by atomic mass is 32.2. The molecule has 1 rings (SSSR count). The molecule has 0 radical (unpaired) electrons. The van der Waals surface area contributed by atoms with Gasteiger partial charge in [-0.2, -0.15) is 0 Å². The molecule has 0 aliphatic heterocycles. The molecule has 1 heterocycles. The zero-order chi connectivity index (χ0) is 7.98. The molecule has 10 heavy (non-hydrogen) atoms. The molecule has 0 aromatic carbocycles. The summed E-state index contributed by atoms with van der Waals surface area (Å²) in [4.78, 5) is 8.00. The van der Waals surface area contributed by atoms with E-state index in [1.165, 1.54) is 0 Å². The van der Waals surface area contributed by atoms with Crippen molar-refractivity contribution in [1.29, 1.82) is 0 Å². The van der Waals surface area contributed by atoms with E-state index < -0.39 is 0 Å². The molecule has 56 valence electrons. The Morgan fingerprint density at radius 1 is 1.50 bits per heavy atom. The molecule has 0 aliphatic rings. The second-order valence-corrected chi connectivity index (χ2v) is 2.38. The summed E-state index contributed by atoms with van der Waals surface area (Å²) in [5, 5.41) is 0.988. The van der Waals surface area contributed by atoms with Gasteiger partial charge in [-0.3, -0.25) is 0 Å². The summed E-state index contributed by atoms with van der Waals surface area (Å²) in [5.74, 6) is 0.981. The third-order valence-corrected chi connectivity index (χ3v) is 1.54. The molecule has 0 spiro atoms. The first-order valence-corrected chi connectivity index (χ1v) is 3.94. The minimum atomic E-state index is 0.981. The molecule has 0 atom stereocenters. The topological polar surface area (TPSA) is 30.2 Å². The van der Waals surface area contributed by atoms with Gasteiger partial charge in [0, 0.05) is 0 Å². The lowest BCUT2D eigenvalue weighted by Gasteiger charge is -1.82. The highest BCUT2D eigenvalue weighted by molar-refractivity contribution is 7.98. The fourth-order valence-electron chi connectivity index (χ4n) is 0.522. The Morgan fingerprint density at radius 2 is 2.10 bits per heavy atom. The Kier molecular flexibility index (Phi) is 4.76. The number of aryl methyl sites for hydroxylation is 1. The van der Waals surface area contributed by atoms with Crippen molar-refractivity contribution in [3.05, 3.63) is 17.9 Å². The third kappa shape index (κ3) is 2.73. The van der Waals surface area contributed by atoms with E-state index in [1.54, 1.807) is 11.8 Å². The van der Waals surface area contributed by atoms with E-state index in [0.29, 0.717) is 0 Å². The average molecular weight is 158 g/mol. The van der Waals surface area contributed by atoms with Crippen LogP contribution in [-0.4, -0.2) is 13.0 Å². The second-order valence-electron chi connectivity index (χ2n) is 1.57. The van der Waals surface area contributed by atoms with Crippen LogP contribution in [0, 0.1) is 6.92 Å². The second kappa shape index (κ2) is 5.11. The number of rotatable bonds is 1. The number of hydrogen-bond donors (Lipinski definition) is 0. The zero-order valence-electron chi connectivity index (χ0n) is 6.09. The van der Waals surface area contributed by atoms with Crippen molar-refractivity contribution in [2.24, 2.45) is 0 Å². The molecule has 2 nitrogen and oxygen atoms in total. The highest BCUT2D eigenvalue weighted by Gasteiger charge is 1.91. The van der Waals surface area contributed by atoms with Crippen LogP contribution in [0.15, 0.2) is 21.6 Å². The lowest BCUT2D eigenvalue weighted by Crippen LogP contribution is -1.54. The van der Waals surface area contributed by atoms with Crippen molar-refractivity contribution in [3.63, 3.8) is 0 Å². The summed E-state index contributed by atoms with van der Waals surface area (Å²) < 4.78 is 5.20. The van der Waals surface area contributed by atoms with Crippen LogP contribution < -0.4 is 0 Å². The quantitative estimate of drug-likeness (QED) is 0.586. The van der Waals surface area contributed by atoms with E-state index in [-0.39, 0.29) is 0 Å². The summed E-state index contributed by atoms with van der Waals surface area (Å²) >= 11 is 1.62. The van der Waals surface area contributed by atoms with Crippen LogP contribution in [0.2, 0.25) is 0 Å². The van der Waals surface area contributed by atoms with Crippen LogP contribution >= 0.6 is 11.8 Å². The van der Waals surface area contributed by atoms with Crippen molar-refractivity contribution < 1.29 is 9.21 Å². The Morgan fingerprint density at radius 3 is 2.30 bits per heavy atom. The number of thioether (sulfide) groups is 1. The summed E-state index contributed by atoms with van der Waals surface area (Å²) in [5.41, 5.74) is 0. The van der Waals surface area contributed by atoms with Crippen molar-refractivity contribution >= 4 is 18.6 Å². The van der Waals surface area contributed by atoms with Crippen LogP contribution in [0.4, 0.5) is 0 Å².